The van der Waals surface area contributed by atoms with Gasteiger partial charge >= 0.3 is 5.97 Å². The number of hydrogen-bond donors (Lipinski definition) is 11. The molecule has 19 heteroatoms. The minimum Gasteiger partial charge on any atom is -0.481 e. The van der Waals surface area contributed by atoms with Gasteiger partial charge in [-0.25, -0.2) is 0 Å². The van der Waals surface area contributed by atoms with Crippen LogP contribution in [0.1, 0.15) is 44.1 Å². The number of unbranched alkanes of at least 4 members (excludes halogenated alkanes) is 1. The Labute approximate surface area is 288 Å². The highest BCUT2D eigenvalue weighted by atomic mass is 32.1. The molecule has 1 aliphatic rings. The van der Waals surface area contributed by atoms with Crippen LogP contribution in [0.3, 0.4) is 0 Å². The van der Waals surface area contributed by atoms with Crippen molar-refractivity contribution in [3.63, 3.8) is 0 Å². The zero-order chi connectivity index (χ0) is 36.3. The van der Waals surface area contributed by atoms with Crippen LogP contribution < -0.4 is 49.1 Å². The Hall–Kier alpha value is -4.91. The minimum atomic E-state index is -1.59. The van der Waals surface area contributed by atoms with Gasteiger partial charge in [0.15, 0.2) is 5.96 Å². The number of guanidine groups is 1. The second-order valence-corrected chi connectivity index (χ2v) is 11.7. The van der Waals surface area contributed by atoms with Crippen molar-refractivity contribution in [3.8, 4) is 0 Å². The lowest BCUT2D eigenvalue weighted by Crippen LogP contribution is -2.58. The number of carboxylic acids is 1. The summed E-state index contributed by atoms with van der Waals surface area (Å²) in [6.45, 7) is -0.271. The van der Waals surface area contributed by atoms with Crippen LogP contribution >= 0.6 is 12.6 Å². The molecule has 1 saturated heterocycles. The predicted molar refractivity (Wildman–Crippen MR) is 182 cm³/mol. The summed E-state index contributed by atoms with van der Waals surface area (Å²) < 4.78 is 0. The zero-order valence-electron chi connectivity index (χ0n) is 27.0. The van der Waals surface area contributed by atoms with Crippen molar-refractivity contribution in [2.75, 3.05) is 25.4 Å². The standard InChI is InChI=1S/C30H46N10O8S/c31-18(16-49)25(44)34-11-5-4-9-20-27(46)38-19(10-6-12-35-30(32)33)26(45)36-15-23(41)37-22(14-24(42)43)29(48)40-21(28(47)39-20)13-17-7-2-1-3-8-17/h1-3,7-8,18-22,49H,4-6,9-16,31H2,(H,34,44)(H,36,45)(H,37,41)(H,38,46)(H,39,47)(H,40,48)(H,42,43)(H4,32,33,35)/t18-,19-,20-,21-,22+/m0/s1. The quantitative estimate of drug-likeness (QED) is 0.0366. The third-order valence-corrected chi connectivity index (χ3v) is 7.73. The van der Waals surface area contributed by atoms with Gasteiger partial charge in [0, 0.05) is 25.3 Å². The summed E-state index contributed by atoms with van der Waals surface area (Å²) in [5, 5.41) is 24.6. The summed E-state index contributed by atoms with van der Waals surface area (Å²) in [5.41, 5.74) is 17.1. The molecule has 0 unspecified atom stereocenters. The number of aliphatic carboxylic acids is 1. The summed E-state index contributed by atoms with van der Waals surface area (Å²) in [6, 6.07) is 2.59. The molecule has 0 saturated carbocycles. The van der Waals surface area contributed by atoms with Gasteiger partial charge in [-0.3, -0.25) is 38.6 Å². The fourth-order valence-corrected chi connectivity index (χ4v) is 4.90. The van der Waals surface area contributed by atoms with Crippen LogP contribution in [0.25, 0.3) is 0 Å². The number of nitrogens with one attached hydrogen (secondary N) is 6. The molecule has 18 nitrogen and oxygen atoms in total. The van der Waals surface area contributed by atoms with Gasteiger partial charge < -0.3 is 54.2 Å². The summed E-state index contributed by atoms with van der Waals surface area (Å²) in [7, 11) is 0. The van der Waals surface area contributed by atoms with Gasteiger partial charge in [-0.2, -0.15) is 12.6 Å². The van der Waals surface area contributed by atoms with Crippen molar-refractivity contribution in [1.29, 1.82) is 0 Å². The number of carbonyl (C=O) groups excluding carboxylic acids is 6. The van der Waals surface area contributed by atoms with E-state index in [-0.39, 0.29) is 50.5 Å². The van der Waals surface area contributed by atoms with Crippen molar-refractivity contribution < 1.29 is 38.7 Å². The van der Waals surface area contributed by atoms with E-state index in [0.717, 1.165) is 0 Å². The van der Waals surface area contributed by atoms with E-state index in [1.54, 1.807) is 30.3 Å². The largest absolute Gasteiger partial charge is 0.481 e. The van der Waals surface area contributed by atoms with Gasteiger partial charge in [-0.05, 0) is 37.7 Å². The number of thiol groups is 1. The molecule has 0 aromatic heterocycles. The monoisotopic (exact) mass is 706 g/mol. The first-order chi connectivity index (χ1) is 23.3. The van der Waals surface area contributed by atoms with Gasteiger partial charge in [0.05, 0.1) is 19.0 Å². The number of rotatable bonds is 15. The molecule has 1 aromatic rings. The molecule has 5 atom stereocenters. The van der Waals surface area contributed by atoms with Crippen LogP contribution in [0.2, 0.25) is 0 Å². The number of aliphatic imine (C=N–C) groups is 1. The molecule has 1 aliphatic heterocycles. The molecule has 2 rings (SSSR count). The van der Waals surface area contributed by atoms with Gasteiger partial charge in [-0.15, -0.1) is 0 Å². The van der Waals surface area contributed by atoms with Crippen molar-refractivity contribution in [3.05, 3.63) is 35.9 Å². The Balaban J connectivity index is 2.41. The number of benzene rings is 1. The first kappa shape index (κ1) is 40.3. The molecular weight excluding hydrogens is 660 g/mol. The molecule has 0 aliphatic carbocycles. The minimum absolute atomic E-state index is 0.0363. The first-order valence-electron chi connectivity index (χ1n) is 15.7. The number of hydrogen-bond acceptors (Lipinski definition) is 10. The highest BCUT2D eigenvalue weighted by molar-refractivity contribution is 7.80. The maximum Gasteiger partial charge on any atom is 0.305 e. The van der Waals surface area contributed by atoms with E-state index >= 15 is 0 Å². The van der Waals surface area contributed by atoms with Gasteiger partial charge in [0.1, 0.15) is 24.2 Å². The molecule has 1 fully saturated rings. The second-order valence-electron chi connectivity index (χ2n) is 11.3. The maximum atomic E-state index is 13.8. The molecule has 0 spiro atoms. The lowest BCUT2D eigenvalue weighted by molar-refractivity contribution is -0.141. The number of nitrogens with two attached hydrogens (primary N) is 3. The Kier molecular flexibility index (Phi) is 17.4. The third-order valence-electron chi connectivity index (χ3n) is 7.33. The second kappa shape index (κ2) is 21.1. The van der Waals surface area contributed by atoms with Crippen molar-refractivity contribution in [1.82, 2.24) is 31.9 Å². The van der Waals surface area contributed by atoms with E-state index in [1.807, 2.05) is 0 Å². The lowest BCUT2D eigenvalue weighted by atomic mass is 10.0. The average molecular weight is 707 g/mol. The number of carboxylic acid groups (broad SMARTS) is 1. The Bertz CT molecular complexity index is 1340. The van der Waals surface area contributed by atoms with Crippen LogP contribution in [0.5, 0.6) is 0 Å². The molecule has 0 radical (unpaired) electrons. The van der Waals surface area contributed by atoms with Gasteiger partial charge in [0.2, 0.25) is 35.4 Å². The van der Waals surface area contributed by atoms with E-state index in [4.69, 9.17) is 17.2 Å². The fourth-order valence-electron chi connectivity index (χ4n) is 4.74. The van der Waals surface area contributed by atoms with Gasteiger partial charge in [0.25, 0.3) is 0 Å². The van der Waals surface area contributed by atoms with E-state index in [9.17, 15) is 38.7 Å². The van der Waals surface area contributed by atoms with Crippen LogP contribution in [-0.4, -0.2) is 108 Å². The SMILES string of the molecule is NC(N)=NCCC[C@@H]1NC(=O)[C@H](CCCCNC(=O)[C@@H](N)CS)NC(=O)[C@H](Cc2ccccc2)NC(=O)[C@@H](CC(=O)O)NC(=O)CNC1=O. The zero-order valence-corrected chi connectivity index (χ0v) is 27.9. The van der Waals surface area contributed by atoms with E-state index in [2.05, 4.69) is 49.5 Å². The normalized spacial score (nSPS) is 21.3. The molecule has 0 bridgehead atoms. The van der Waals surface area contributed by atoms with E-state index < -0.39 is 84.6 Å². The summed E-state index contributed by atoms with van der Waals surface area (Å²) in [5.74, 6) is -5.87. The van der Waals surface area contributed by atoms with Crippen molar-refractivity contribution >= 4 is 60.0 Å². The number of nitrogens with zero attached hydrogens (tertiary/aromatic N) is 1. The first-order valence-corrected chi connectivity index (χ1v) is 16.4. The van der Waals surface area contributed by atoms with E-state index in [1.165, 1.54) is 0 Å². The Morgan fingerprint density at radius 1 is 0.857 bits per heavy atom. The van der Waals surface area contributed by atoms with Crippen LogP contribution in [0.15, 0.2) is 35.3 Å². The average Bonchev–Trinajstić information content (AvgIpc) is 3.06. The summed E-state index contributed by atoms with van der Waals surface area (Å²) in [4.78, 5) is 94.0. The summed E-state index contributed by atoms with van der Waals surface area (Å²) >= 11 is 4.00. The number of amides is 6. The molecule has 270 valence electrons. The van der Waals surface area contributed by atoms with Crippen LogP contribution in [0, 0.1) is 0 Å². The molecule has 6 amide bonds. The lowest BCUT2D eigenvalue weighted by Gasteiger charge is -2.26. The van der Waals surface area contributed by atoms with Gasteiger partial charge in [-0.1, -0.05) is 30.3 Å². The smallest absolute Gasteiger partial charge is 0.305 e. The molecule has 1 heterocycles. The highest BCUT2D eigenvalue weighted by Crippen LogP contribution is 2.09. The molecular formula is C30H46N10O8S. The van der Waals surface area contributed by atoms with Crippen LogP contribution in [-0.2, 0) is 40.0 Å². The third kappa shape index (κ3) is 15.2. The molecule has 49 heavy (non-hydrogen) atoms. The predicted octanol–water partition coefficient (Wildman–Crippen LogP) is -3.63. The highest BCUT2D eigenvalue weighted by Gasteiger charge is 2.33. The van der Waals surface area contributed by atoms with Crippen molar-refractivity contribution in [2.45, 2.75) is 75.2 Å². The fraction of sp³-hybridized carbons (Fsp3) is 0.533. The number of carbonyl (C=O) groups is 7. The Morgan fingerprint density at radius 2 is 1.45 bits per heavy atom. The van der Waals surface area contributed by atoms with Crippen LogP contribution in [0.4, 0.5) is 0 Å². The summed E-state index contributed by atoms with van der Waals surface area (Å²) in [6.07, 6.45) is 0.273. The Morgan fingerprint density at radius 3 is 2.08 bits per heavy atom. The molecule has 13 N–H and O–H groups in total. The maximum absolute atomic E-state index is 13.8. The topological polar surface area (TPSA) is 302 Å². The molecule has 1 aromatic carbocycles. The van der Waals surface area contributed by atoms with Crippen molar-refractivity contribution in [2.24, 2.45) is 22.2 Å². The van der Waals surface area contributed by atoms with E-state index in [0.29, 0.717) is 18.4 Å².